The number of ether oxygens (including phenoxy) is 1. The van der Waals surface area contributed by atoms with E-state index in [1.165, 1.54) is 12.8 Å². The summed E-state index contributed by atoms with van der Waals surface area (Å²) >= 11 is 3.41. The molecule has 0 spiro atoms. The molecule has 2 aliphatic heterocycles. The molecule has 2 heterocycles. The molecule has 0 saturated carbocycles. The second kappa shape index (κ2) is 8.90. The van der Waals surface area contributed by atoms with Crippen LogP contribution in [0.1, 0.15) is 32.1 Å². The predicted molar refractivity (Wildman–Crippen MR) is 97.2 cm³/mol. The van der Waals surface area contributed by atoms with Gasteiger partial charge in [0.1, 0.15) is 12.4 Å². The van der Waals surface area contributed by atoms with Crippen molar-refractivity contribution in [2.24, 2.45) is 5.92 Å². The van der Waals surface area contributed by atoms with Crippen molar-refractivity contribution in [3.8, 4) is 5.75 Å². The van der Waals surface area contributed by atoms with Gasteiger partial charge >= 0.3 is 0 Å². The fourth-order valence-corrected chi connectivity index (χ4v) is 3.97. The molecule has 2 bridgehead atoms. The summed E-state index contributed by atoms with van der Waals surface area (Å²) in [6.07, 6.45) is 5.52. The van der Waals surface area contributed by atoms with Crippen LogP contribution in [-0.2, 0) is 4.79 Å². The third-order valence-corrected chi connectivity index (χ3v) is 5.03. The first kappa shape index (κ1) is 18.6. The number of nitrogens with one attached hydrogen (secondary N) is 2. The minimum atomic E-state index is 0. The fraction of sp³-hybridized carbons (Fsp3) is 0.588. The molecule has 1 amide bonds. The molecule has 2 unspecified atom stereocenters. The number of halogens is 2. The van der Waals surface area contributed by atoms with Crippen molar-refractivity contribution in [3.63, 3.8) is 0 Å². The lowest BCUT2D eigenvalue weighted by atomic mass is 9.89. The molecule has 2 N–H and O–H groups in total. The first-order valence-corrected chi connectivity index (χ1v) is 8.89. The highest BCUT2D eigenvalue weighted by Crippen LogP contribution is 2.32. The monoisotopic (exact) mass is 402 g/mol. The van der Waals surface area contributed by atoms with Crippen molar-refractivity contribution in [2.45, 2.75) is 44.2 Å². The molecular weight excluding hydrogens is 380 g/mol. The average Bonchev–Trinajstić information content (AvgIpc) is 2.83. The van der Waals surface area contributed by atoms with Gasteiger partial charge in [-0.25, -0.2) is 0 Å². The van der Waals surface area contributed by atoms with E-state index in [0.29, 0.717) is 37.6 Å². The normalized spacial score (nSPS) is 25.5. The Kier molecular flexibility index (Phi) is 7.18. The molecule has 2 atom stereocenters. The smallest absolute Gasteiger partial charge is 0.220 e. The molecule has 2 aliphatic rings. The number of carbonyl (C=O) groups is 1. The topological polar surface area (TPSA) is 50.4 Å². The Labute approximate surface area is 152 Å². The molecule has 2 saturated heterocycles. The molecule has 128 valence electrons. The summed E-state index contributed by atoms with van der Waals surface area (Å²) in [4.78, 5) is 12.0. The van der Waals surface area contributed by atoms with E-state index < -0.39 is 0 Å². The maximum Gasteiger partial charge on any atom is 0.220 e. The first-order valence-electron chi connectivity index (χ1n) is 8.10. The van der Waals surface area contributed by atoms with Gasteiger partial charge in [-0.15, -0.1) is 12.4 Å². The van der Waals surface area contributed by atoms with E-state index in [2.05, 4.69) is 26.6 Å². The molecule has 2 fully saturated rings. The van der Waals surface area contributed by atoms with Crippen molar-refractivity contribution in [3.05, 3.63) is 28.7 Å². The van der Waals surface area contributed by atoms with Gasteiger partial charge in [-0.05, 0) is 49.8 Å². The Morgan fingerprint density at radius 3 is 2.74 bits per heavy atom. The van der Waals surface area contributed by atoms with Gasteiger partial charge in [0.25, 0.3) is 0 Å². The second-order valence-electron chi connectivity index (χ2n) is 6.34. The molecule has 0 aliphatic carbocycles. The number of rotatable bonds is 6. The highest BCUT2D eigenvalue weighted by atomic mass is 79.9. The zero-order chi connectivity index (χ0) is 15.4. The molecule has 1 aromatic carbocycles. The van der Waals surface area contributed by atoms with Crippen LogP contribution >= 0.6 is 28.3 Å². The van der Waals surface area contributed by atoms with Gasteiger partial charge in [0.2, 0.25) is 5.91 Å². The minimum absolute atomic E-state index is 0. The molecule has 3 rings (SSSR count). The number of carbonyl (C=O) groups excluding carboxylic acids is 1. The molecule has 6 heteroatoms. The van der Waals surface area contributed by atoms with E-state index in [9.17, 15) is 4.79 Å². The van der Waals surface area contributed by atoms with E-state index in [4.69, 9.17) is 4.74 Å². The molecular formula is C17H24BrClN2O2. The Morgan fingerprint density at radius 1 is 1.30 bits per heavy atom. The lowest BCUT2D eigenvalue weighted by Gasteiger charge is -2.28. The minimum Gasteiger partial charge on any atom is -0.492 e. The third kappa shape index (κ3) is 5.66. The maximum atomic E-state index is 12.0. The number of piperidine rings is 1. The van der Waals surface area contributed by atoms with E-state index >= 15 is 0 Å². The number of benzene rings is 1. The summed E-state index contributed by atoms with van der Waals surface area (Å²) < 4.78 is 6.61. The van der Waals surface area contributed by atoms with Crippen molar-refractivity contribution in [2.75, 3.05) is 13.2 Å². The molecule has 0 radical (unpaired) electrons. The van der Waals surface area contributed by atoms with Gasteiger partial charge < -0.3 is 15.4 Å². The van der Waals surface area contributed by atoms with Crippen molar-refractivity contribution < 1.29 is 9.53 Å². The Balaban J connectivity index is 0.00000192. The first-order chi connectivity index (χ1) is 10.7. The van der Waals surface area contributed by atoms with Crippen LogP contribution in [-0.4, -0.2) is 31.1 Å². The summed E-state index contributed by atoms with van der Waals surface area (Å²) in [5.41, 5.74) is 0. The number of fused-ring (bicyclic) bond motifs is 2. The highest BCUT2D eigenvalue weighted by Gasteiger charge is 2.33. The van der Waals surface area contributed by atoms with Crippen LogP contribution in [0, 0.1) is 5.92 Å². The molecule has 4 nitrogen and oxygen atoms in total. The third-order valence-electron chi connectivity index (χ3n) is 4.53. The standard InChI is InChI=1S/C17H23BrN2O2.ClH/c18-13-2-1-3-16(11-13)22-7-6-19-17(21)10-12-8-14-4-5-15(9-12)20-14;/h1-3,11-12,14-15,20H,4-10H2,(H,19,21);1H. The Bertz CT molecular complexity index is 517. The zero-order valence-electron chi connectivity index (χ0n) is 13.1. The van der Waals surface area contributed by atoms with Crippen molar-refractivity contribution in [1.29, 1.82) is 0 Å². The van der Waals surface area contributed by atoms with Crippen molar-refractivity contribution in [1.82, 2.24) is 10.6 Å². The Morgan fingerprint density at radius 2 is 2.04 bits per heavy atom. The second-order valence-corrected chi connectivity index (χ2v) is 7.25. The van der Waals surface area contributed by atoms with E-state index in [0.717, 1.165) is 23.1 Å². The maximum absolute atomic E-state index is 12.0. The largest absolute Gasteiger partial charge is 0.492 e. The van der Waals surface area contributed by atoms with Gasteiger partial charge in [0.15, 0.2) is 0 Å². The van der Waals surface area contributed by atoms with Crippen LogP contribution in [0.5, 0.6) is 5.75 Å². The van der Waals surface area contributed by atoms with Crippen LogP contribution in [0.25, 0.3) is 0 Å². The SMILES string of the molecule is Cl.O=C(CC1CC2CCC(C1)N2)NCCOc1cccc(Br)c1. The Hall–Kier alpha value is -0.780. The van der Waals surface area contributed by atoms with E-state index in [-0.39, 0.29) is 18.3 Å². The summed E-state index contributed by atoms with van der Waals surface area (Å²) in [6.45, 7) is 1.06. The summed E-state index contributed by atoms with van der Waals surface area (Å²) in [5.74, 6) is 1.52. The summed E-state index contributed by atoms with van der Waals surface area (Å²) in [5, 5.41) is 6.58. The van der Waals surface area contributed by atoms with Crippen LogP contribution < -0.4 is 15.4 Å². The molecule has 23 heavy (non-hydrogen) atoms. The van der Waals surface area contributed by atoms with Crippen LogP contribution in [0.4, 0.5) is 0 Å². The van der Waals surface area contributed by atoms with E-state index in [1.807, 2.05) is 24.3 Å². The van der Waals surface area contributed by atoms with Crippen LogP contribution in [0.2, 0.25) is 0 Å². The fourth-order valence-electron chi connectivity index (χ4n) is 3.59. The van der Waals surface area contributed by atoms with Gasteiger partial charge in [-0.3, -0.25) is 4.79 Å². The van der Waals surface area contributed by atoms with Gasteiger partial charge in [0, 0.05) is 23.0 Å². The predicted octanol–water partition coefficient (Wildman–Crippen LogP) is 3.29. The number of hydrogen-bond acceptors (Lipinski definition) is 3. The van der Waals surface area contributed by atoms with Crippen LogP contribution in [0.3, 0.4) is 0 Å². The van der Waals surface area contributed by atoms with E-state index in [1.54, 1.807) is 0 Å². The van der Waals surface area contributed by atoms with Crippen molar-refractivity contribution >= 4 is 34.2 Å². The van der Waals surface area contributed by atoms with Crippen LogP contribution in [0.15, 0.2) is 28.7 Å². The van der Waals surface area contributed by atoms with Gasteiger partial charge in [-0.2, -0.15) is 0 Å². The van der Waals surface area contributed by atoms with Gasteiger partial charge in [0.05, 0.1) is 6.54 Å². The quantitative estimate of drug-likeness (QED) is 0.717. The highest BCUT2D eigenvalue weighted by molar-refractivity contribution is 9.10. The van der Waals surface area contributed by atoms with Gasteiger partial charge in [-0.1, -0.05) is 22.0 Å². The lowest BCUT2D eigenvalue weighted by molar-refractivity contribution is -0.122. The molecule has 0 aromatic heterocycles. The lowest BCUT2D eigenvalue weighted by Crippen LogP contribution is -2.40. The number of amides is 1. The number of hydrogen-bond donors (Lipinski definition) is 2. The summed E-state index contributed by atoms with van der Waals surface area (Å²) in [7, 11) is 0. The summed E-state index contributed by atoms with van der Waals surface area (Å²) in [6, 6.07) is 9.03. The zero-order valence-corrected chi connectivity index (χ0v) is 15.5. The molecule has 1 aromatic rings. The average molecular weight is 404 g/mol.